The van der Waals surface area contributed by atoms with Crippen LogP contribution in [0.4, 0.5) is 0 Å². The van der Waals surface area contributed by atoms with Gasteiger partial charge in [-0.3, -0.25) is 0 Å². The summed E-state index contributed by atoms with van der Waals surface area (Å²) >= 11 is 1.27. The Morgan fingerprint density at radius 2 is 1.93 bits per heavy atom. The Balaban J connectivity index is 2.92. The van der Waals surface area contributed by atoms with Crippen LogP contribution in [0.1, 0.15) is 12.5 Å². The van der Waals surface area contributed by atoms with Crippen molar-refractivity contribution in [1.29, 1.82) is 0 Å². The molecule has 0 heterocycles. The summed E-state index contributed by atoms with van der Waals surface area (Å²) in [5.74, 6) is 0.0777. The molecule has 0 fully saturated rings. The van der Waals surface area contributed by atoms with Gasteiger partial charge in [-0.2, -0.15) is 0 Å². The van der Waals surface area contributed by atoms with E-state index >= 15 is 0 Å². The van der Waals surface area contributed by atoms with Gasteiger partial charge >= 0.3 is 0 Å². The Labute approximate surface area is 95.3 Å². The van der Waals surface area contributed by atoms with Gasteiger partial charge in [-0.25, -0.2) is 8.42 Å². The van der Waals surface area contributed by atoms with E-state index in [0.717, 1.165) is 5.56 Å². The van der Waals surface area contributed by atoms with Crippen LogP contribution in [-0.4, -0.2) is 14.7 Å². The van der Waals surface area contributed by atoms with E-state index in [1.165, 1.54) is 11.8 Å². The first-order valence-corrected chi connectivity index (χ1v) is 7.45. The van der Waals surface area contributed by atoms with Gasteiger partial charge in [0.05, 0.1) is 9.99 Å². The Bertz CT molecular complexity index is 433. The van der Waals surface area contributed by atoms with Crippen LogP contribution in [0.15, 0.2) is 40.6 Å². The summed E-state index contributed by atoms with van der Waals surface area (Å²) in [4.78, 5) is 0. The molecule has 1 rings (SSSR count). The fourth-order valence-electron chi connectivity index (χ4n) is 1.29. The zero-order chi connectivity index (χ0) is 11.3. The zero-order valence-corrected chi connectivity index (χ0v) is 10.4. The van der Waals surface area contributed by atoms with Crippen molar-refractivity contribution in [3.8, 4) is 0 Å². The van der Waals surface area contributed by atoms with Gasteiger partial charge in [0.25, 0.3) is 0 Å². The molecular weight excluding hydrogens is 228 g/mol. The fraction of sp³-hybridized carbons (Fsp3) is 0.273. The quantitative estimate of drug-likeness (QED) is 0.814. The lowest BCUT2D eigenvalue weighted by Gasteiger charge is -2.05. The van der Waals surface area contributed by atoms with Gasteiger partial charge in [0.15, 0.2) is 9.84 Å². The molecule has 0 aliphatic heterocycles. The molecule has 0 unspecified atom stereocenters. The number of thioether (sulfide) groups is 1. The predicted molar refractivity (Wildman–Crippen MR) is 66.3 cm³/mol. The average Bonchev–Trinajstić information content (AvgIpc) is 2.19. The smallest absolute Gasteiger partial charge is 0.188 e. The summed E-state index contributed by atoms with van der Waals surface area (Å²) in [6, 6.07) is 9.22. The second-order valence-corrected chi connectivity index (χ2v) is 6.12. The van der Waals surface area contributed by atoms with Crippen molar-refractivity contribution < 1.29 is 8.42 Å². The van der Waals surface area contributed by atoms with E-state index in [9.17, 15) is 8.42 Å². The van der Waals surface area contributed by atoms with E-state index < -0.39 is 9.84 Å². The molecule has 0 bridgehead atoms. The van der Waals surface area contributed by atoms with Crippen LogP contribution in [0.25, 0.3) is 0 Å². The molecule has 2 nitrogen and oxygen atoms in total. The highest BCUT2D eigenvalue weighted by molar-refractivity contribution is 8.18. The lowest BCUT2D eigenvalue weighted by molar-refractivity contribution is 0.603. The first kappa shape index (κ1) is 12.3. The second-order valence-electron chi connectivity index (χ2n) is 3.06. The van der Waals surface area contributed by atoms with Crippen LogP contribution in [0.2, 0.25) is 0 Å². The van der Waals surface area contributed by atoms with Crippen LogP contribution in [0.3, 0.4) is 0 Å². The fourth-order valence-corrected chi connectivity index (χ4v) is 3.85. The van der Waals surface area contributed by atoms with Gasteiger partial charge in [-0.05, 0) is 18.7 Å². The Morgan fingerprint density at radius 1 is 1.33 bits per heavy atom. The van der Waals surface area contributed by atoms with Crippen LogP contribution in [-0.2, 0) is 15.6 Å². The van der Waals surface area contributed by atoms with Gasteiger partial charge in [0.1, 0.15) is 0 Å². The molecule has 0 saturated heterocycles. The summed E-state index contributed by atoms with van der Waals surface area (Å²) in [7, 11) is -3.15. The van der Waals surface area contributed by atoms with Gasteiger partial charge in [0.2, 0.25) is 0 Å². The van der Waals surface area contributed by atoms with E-state index in [4.69, 9.17) is 0 Å². The maximum atomic E-state index is 11.9. The van der Waals surface area contributed by atoms with E-state index in [-0.39, 0.29) is 5.75 Å². The third-order valence-corrected chi connectivity index (χ3v) is 5.40. The number of allylic oxidation sites excluding steroid dienone is 1. The van der Waals surface area contributed by atoms with Crippen molar-refractivity contribution in [2.24, 2.45) is 0 Å². The Kier molecular flexibility index (Phi) is 4.42. The first-order valence-electron chi connectivity index (χ1n) is 4.57. The topological polar surface area (TPSA) is 34.1 Å². The molecule has 1 aromatic carbocycles. The van der Waals surface area contributed by atoms with E-state index in [2.05, 4.69) is 0 Å². The molecule has 0 aliphatic rings. The predicted octanol–water partition coefficient (Wildman–Crippen LogP) is 2.83. The molecule has 15 heavy (non-hydrogen) atoms. The Hall–Kier alpha value is -0.740. The average molecular weight is 242 g/mol. The van der Waals surface area contributed by atoms with Crippen molar-refractivity contribution in [2.75, 3.05) is 6.26 Å². The number of hydrogen-bond acceptors (Lipinski definition) is 3. The van der Waals surface area contributed by atoms with Gasteiger partial charge in [-0.15, -0.1) is 11.8 Å². The number of hydrogen-bond donors (Lipinski definition) is 0. The molecule has 0 radical (unpaired) electrons. The third kappa shape index (κ3) is 3.39. The minimum atomic E-state index is -3.15. The summed E-state index contributed by atoms with van der Waals surface area (Å²) in [6.45, 7) is 1.74. The summed E-state index contributed by atoms with van der Waals surface area (Å²) < 4.78 is 24.2. The van der Waals surface area contributed by atoms with Crippen molar-refractivity contribution in [3.63, 3.8) is 0 Å². The zero-order valence-electron chi connectivity index (χ0n) is 8.80. The molecule has 0 spiro atoms. The molecule has 0 saturated carbocycles. The Morgan fingerprint density at radius 3 is 2.40 bits per heavy atom. The third-order valence-electron chi connectivity index (χ3n) is 1.94. The second kappa shape index (κ2) is 5.37. The van der Waals surface area contributed by atoms with Crippen LogP contribution in [0, 0.1) is 0 Å². The normalized spacial score (nSPS) is 12.8. The monoisotopic (exact) mass is 242 g/mol. The molecule has 0 N–H and O–H groups in total. The standard InChI is InChI=1S/C11H14O2S2/c1-3-11(14-2)15(12,13)9-10-7-5-4-6-8-10/h3-8H,9H2,1-2H3. The molecule has 82 valence electrons. The van der Waals surface area contributed by atoms with Crippen LogP contribution >= 0.6 is 11.8 Å². The van der Waals surface area contributed by atoms with Crippen LogP contribution in [0.5, 0.6) is 0 Å². The first-order chi connectivity index (χ1) is 7.10. The number of rotatable bonds is 4. The van der Waals surface area contributed by atoms with Crippen molar-refractivity contribution >= 4 is 21.6 Å². The summed E-state index contributed by atoms with van der Waals surface area (Å²) in [5.41, 5.74) is 0.825. The summed E-state index contributed by atoms with van der Waals surface area (Å²) in [6.07, 6.45) is 3.42. The molecule has 4 heteroatoms. The molecule has 0 atom stereocenters. The highest BCUT2D eigenvalue weighted by Crippen LogP contribution is 2.22. The minimum absolute atomic E-state index is 0.0777. The van der Waals surface area contributed by atoms with Gasteiger partial charge < -0.3 is 0 Å². The highest BCUT2D eigenvalue weighted by Gasteiger charge is 2.16. The number of sulfone groups is 1. The van der Waals surface area contributed by atoms with E-state index in [0.29, 0.717) is 4.24 Å². The maximum absolute atomic E-state index is 11.9. The molecular formula is C11H14O2S2. The molecule has 1 aromatic rings. The van der Waals surface area contributed by atoms with E-state index in [1.54, 1.807) is 19.3 Å². The van der Waals surface area contributed by atoms with Gasteiger partial charge in [-0.1, -0.05) is 36.4 Å². The SMILES string of the molecule is CC=C(SC)S(=O)(=O)Cc1ccccc1. The van der Waals surface area contributed by atoms with Crippen molar-refractivity contribution in [2.45, 2.75) is 12.7 Å². The molecule has 0 aromatic heterocycles. The van der Waals surface area contributed by atoms with E-state index in [1.807, 2.05) is 30.3 Å². The lowest BCUT2D eigenvalue weighted by atomic mass is 10.2. The highest BCUT2D eigenvalue weighted by atomic mass is 32.3. The van der Waals surface area contributed by atoms with Crippen LogP contribution < -0.4 is 0 Å². The van der Waals surface area contributed by atoms with Crippen molar-refractivity contribution in [1.82, 2.24) is 0 Å². The molecule has 0 amide bonds. The molecule has 0 aliphatic carbocycles. The maximum Gasteiger partial charge on any atom is 0.188 e. The minimum Gasteiger partial charge on any atom is -0.223 e. The summed E-state index contributed by atoms with van der Waals surface area (Å²) in [5, 5.41) is 0. The number of benzene rings is 1. The van der Waals surface area contributed by atoms with Gasteiger partial charge in [0, 0.05) is 0 Å². The lowest BCUT2D eigenvalue weighted by Crippen LogP contribution is -2.04. The van der Waals surface area contributed by atoms with Crippen molar-refractivity contribution in [3.05, 3.63) is 46.2 Å². The largest absolute Gasteiger partial charge is 0.223 e.